The van der Waals surface area contributed by atoms with Gasteiger partial charge in [0.05, 0.1) is 5.60 Å². The molecule has 2 aliphatic heterocycles. The quantitative estimate of drug-likeness (QED) is 0.815. The Morgan fingerprint density at radius 3 is 2.79 bits per heavy atom. The predicted octanol–water partition coefficient (Wildman–Crippen LogP) is 2.43. The van der Waals surface area contributed by atoms with Crippen LogP contribution >= 0.6 is 11.8 Å². The molecule has 0 aliphatic carbocycles. The van der Waals surface area contributed by atoms with Crippen molar-refractivity contribution in [2.45, 2.75) is 57.6 Å². The Morgan fingerprint density at radius 2 is 2.11 bits per heavy atom. The van der Waals surface area contributed by atoms with E-state index in [2.05, 4.69) is 30.9 Å². The Morgan fingerprint density at radius 1 is 1.37 bits per heavy atom. The molecule has 19 heavy (non-hydrogen) atoms. The number of aliphatic hydroxyl groups is 1. The number of hydrogen-bond donors (Lipinski definition) is 2. The van der Waals surface area contributed by atoms with Crippen molar-refractivity contribution in [1.29, 1.82) is 0 Å². The fourth-order valence-corrected chi connectivity index (χ4v) is 4.34. The molecule has 112 valence electrons. The minimum absolute atomic E-state index is 0.169. The lowest BCUT2D eigenvalue weighted by Gasteiger charge is -2.44. The normalized spacial score (nSPS) is 27.6. The Balaban J connectivity index is 1.81. The minimum atomic E-state index is 0.169. The number of nitrogens with one attached hydrogen (secondary N) is 1. The highest BCUT2D eigenvalue weighted by molar-refractivity contribution is 7.99. The van der Waals surface area contributed by atoms with Crippen molar-refractivity contribution in [3.8, 4) is 0 Å². The van der Waals surface area contributed by atoms with Gasteiger partial charge >= 0.3 is 0 Å². The highest BCUT2D eigenvalue weighted by Crippen LogP contribution is 2.37. The lowest BCUT2D eigenvalue weighted by molar-refractivity contribution is -0.0938. The Bertz CT molecular complexity index is 272. The zero-order chi connectivity index (χ0) is 13.8. The Hall–Kier alpha value is 0.230. The molecular formula is C15H29NO2S. The van der Waals surface area contributed by atoms with Crippen LogP contribution in [0.3, 0.4) is 0 Å². The molecule has 1 spiro atoms. The third-order valence-corrected chi connectivity index (χ3v) is 5.54. The molecule has 2 aliphatic rings. The monoisotopic (exact) mass is 287 g/mol. The van der Waals surface area contributed by atoms with Crippen molar-refractivity contribution in [2.75, 3.05) is 31.3 Å². The average molecular weight is 287 g/mol. The maximum Gasteiger partial charge on any atom is 0.0713 e. The molecule has 0 aromatic carbocycles. The zero-order valence-corrected chi connectivity index (χ0v) is 13.2. The summed E-state index contributed by atoms with van der Waals surface area (Å²) in [7, 11) is 0. The molecule has 2 fully saturated rings. The van der Waals surface area contributed by atoms with E-state index in [4.69, 9.17) is 9.84 Å². The fourth-order valence-electron chi connectivity index (χ4n) is 3.11. The molecule has 0 radical (unpaired) electrons. The third kappa shape index (κ3) is 4.62. The Labute approximate surface area is 121 Å². The van der Waals surface area contributed by atoms with Crippen LogP contribution in [0, 0.1) is 5.41 Å². The minimum Gasteiger partial charge on any atom is -0.396 e. The van der Waals surface area contributed by atoms with Crippen LogP contribution < -0.4 is 5.32 Å². The fraction of sp³-hybridized carbons (Fsp3) is 1.00. The van der Waals surface area contributed by atoms with Crippen molar-refractivity contribution in [3.63, 3.8) is 0 Å². The van der Waals surface area contributed by atoms with Crippen molar-refractivity contribution in [1.82, 2.24) is 5.32 Å². The first kappa shape index (κ1) is 15.6. The van der Waals surface area contributed by atoms with E-state index in [1.54, 1.807) is 0 Å². The smallest absolute Gasteiger partial charge is 0.0713 e. The van der Waals surface area contributed by atoms with Gasteiger partial charge in [-0.05, 0) is 49.0 Å². The van der Waals surface area contributed by atoms with Crippen LogP contribution in [0.15, 0.2) is 0 Å². The molecule has 0 bridgehead atoms. The molecule has 1 unspecified atom stereocenters. The summed E-state index contributed by atoms with van der Waals surface area (Å²) in [5.41, 5.74) is 0.352. The number of aliphatic hydroxyl groups excluding tert-OH is 1. The number of thioether (sulfide) groups is 1. The summed E-state index contributed by atoms with van der Waals surface area (Å²) in [6, 6.07) is 0.592. The maximum atomic E-state index is 9.09. The van der Waals surface area contributed by atoms with Gasteiger partial charge in [-0.2, -0.15) is 11.8 Å². The zero-order valence-electron chi connectivity index (χ0n) is 12.4. The van der Waals surface area contributed by atoms with E-state index in [-0.39, 0.29) is 17.6 Å². The number of ether oxygens (including phenoxy) is 1. The van der Waals surface area contributed by atoms with E-state index < -0.39 is 0 Å². The molecule has 0 amide bonds. The van der Waals surface area contributed by atoms with Gasteiger partial charge in [-0.1, -0.05) is 13.8 Å². The molecule has 2 saturated heterocycles. The molecule has 0 aromatic rings. The summed E-state index contributed by atoms with van der Waals surface area (Å²) in [5.74, 6) is 2.51. The summed E-state index contributed by atoms with van der Waals surface area (Å²) in [4.78, 5) is 0. The van der Waals surface area contributed by atoms with Crippen LogP contribution in [0.4, 0.5) is 0 Å². The predicted molar refractivity (Wildman–Crippen MR) is 81.8 cm³/mol. The molecule has 1 atom stereocenters. The lowest BCUT2D eigenvalue weighted by Crippen LogP contribution is -2.50. The first-order valence-corrected chi connectivity index (χ1v) is 8.77. The Kier molecular flexibility index (Phi) is 5.58. The molecule has 2 rings (SSSR count). The van der Waals surface area contributed by atoms with Gasteiger partial charge in [-0.25, -0.2) is 0 Å². The second kappa shape index (κ2) is 6.79. The standard InChI is InChI=1S/C15H29NO2S/c1-14(2,4-7-17)12-16-13-3-8-18-15(11-13)5-9-19-10-6-15/h13,16-17H,3-12H2,1-2H3. The molecule has 3 nitrogen and oxygen atoms in total. The summed E-state index contributed by atoms with van der Waals surface area (Å²) in [6.07, 6.45) is 5.60. The van der Waals surface area contributed by atoms with Gasteiger partial charge in [0.1, 0.15) is 0 Å². The highest BCUT2D eigenvalue weighted by atomic mass is 32.2. The van der Waals surface area contributed by atoms with E-state index in [0.29, 0.717) is 6.04 Å². The lowest BCUT2D eigenvalue weighted by atomic mass is 9.84. The van der Waals surface area contributed by atoms with Gasteiger partial charge in [0, 0.05) is 25.8 Å². The van der Waals surface area contributed by atoms with Gasteiger partial charge < -0.3 is 15.2 Å². The van der Waals surface area contributed by atoms with Crippen molar-refractivity contribution in [2.24, 2.45) is 5.41 Å². The van der Waals surface area contributed by atoms with E-state index >= 15 is 0 Å². The summed E-state index contributed by atoms with van der Waals surface area (Å²) >= 11 is 2.06. The van der Waals surface area contributed by atoms with Gasteiger partial charge in [0.15, 0.2) is 0 Å². The maximum absolute atomic E-state index is 9.09. The van der Waals surface area contributed by atoms with Crippen LogP contribution in [-0.2, 0) is 4.74 Å². The van der Waals surface area contributed by atoms with Gasteiger partial charge in [-0.3, -0.25) is 0 Å². The van der Waals surface area contributed by atoms with Gasteiger partial charge in [0.25, 0.3) is 0 Å². The highest BCUT2D eigenvalue weighted by Gasteiger charge is 2.38. The molecule has 0 saturated carbocycles. The summed E-state index contributed by atoms with van der Waals surface area (Å²) in [6.45, 7) is 6.63. The second-order valence-electron chi connectivity index (χ2n) is 6.85. The SMILES string of the molecule is CC(C)(CCO)CNC1CCOC2(CCSCC2)C1. The van der Waals surface area contributed by atoms with Gasteiger partial charge in [-0.15, -0.1) is 0 Å². The van der Waals surface area contributed by atoms with Crippen LogP contribution in [0.5, 0.6) is 0 Å². The van der Waals surface area contributed by atoms with Crippen LogP contribution in [0.2, 0.25) is 0 Å². The largest absolute Gasteiger partial charge is 0.396 e. The topological polar surface area (TPSA) is 41.5 Å². The van der Waals surface area contributed by atoms with Crippen LogP contribution in [0.25, 0.3) is 0 Å². The molecule has 4 heteroatoms. The average Bonchev–Trinajstić information content (AvgIpc) is 2.38. The van der Waals surface area contributed by atoms with Crippen molar-refractivity contribution >= 4 is 11.8 Å². The van der Waals surface area contributed by atoms with Crippen molar-refractivity contribution < 1.29 is 9.84 Å². The van der Waals surface area contributed by atoms with Gasteiger partial charge in [0.2, 0.25) is 0 Å². The summed E-state index contributed by atoms with van der Waals surface area (Å²) < 4.78 is 6.12. The number of rotatable bonds is 5. The van der Waals surface area contributed by atoms with Crippen LogP contribution in [-0.4, -0.2) is 48.0 Å². The second-order valence-corrected chi connectivity index (χ2v) is 8.08. The van der Waals surface area contributed by atoms with E-state index in [9.17, 15) is 0 Å². The first-order valence-electron chi connectivity index (χ1n) is 7.61. The molecular weight excluding hydrogens is 258 g/mol. The summed E-state index contributed by atoms with van der Waals surface area (Å²) in [5, 5.41) is 12.8. The molecule has 2 N–H and O–H groups in total. The third-order valence-electron chi connectivity index (χ3n) is 4.55. The number of hydrogen-bond acceptors (Lipinski definition) is 4. The van der Waals surface area contributed by atoms with E-state index in [0.717, 1.165) is 26.0 Å². The van der Waals surface area contributed by atoms with E-state index in [1.165, 1.54) is 30.8 Å². The van der Waals surface area contributed by atoms with Crippen molar-refractivity contribution in [3.05, 3.63) is 0 Å². The first-order chi connectivity index (χ1) is 9.05. The molecule has 2 heterocycles. The van der Waals surface area contributed by atoms with E-state index in [1.807, 2.05) is 0 Å². The van der Waals surface area contributed by atoms with Crippen LogP contribution in [0.1, 0.15) is 46.0 Å². The molecule has 0 aromatic heterocycles.